The number of amides is 2. The first kappa shape index (κ1) is 19.7. The minimum Gasteiger partial charge on any atom is -0.378 e. The second kappa shape index (κ2) is 8.01. The predicted octanol–water partition coefficient (Wildman–Crippen LogP) is 4.53. The Morgan fingerprint density at radius 3 is 2.43 bits per heavy atom. The van der Waals surface area contributed by atoms with Gasteiger partial charge in [-0.25, -0.2) is 9.78 Å². The van der Waals surface area contributed by atoms with E-state index in [2.05, 4.69) is 16.7 Å². The number of urea groups is 1. The van der Waals surface area contributed by atoms with E-state index in [4.69, 9.17) is 10.2 Å². The highest BCUT2D eigenvalue weighted by Gasteiger charge is 2.29. The van der Waals surface area contributed by atoms with E-state index in [9.17, 15) is 4.79 Å². The van der Waals surface area contributed by atoms with Crippen LogP contribution in [0.1, 0.15) is 29.1 Å². The molecule has 30 heavy (non-hydrogen) atoms. The number of anilines is 1. The van der Waals surface area contributed by atoms with Crippen LogP contribution in [-0.2, 0) is 0 Å². The molecule has 1 aliphatic rings. The molecule has 0 fully saturated rings. The molecule has 0 radical (unpaired) electrons. The molecule has 6 nitrogen and oxygen atoms in total. The van der Waals surface area contributed by atoms with Crippen LogP contribution >= 0.6 is 11.3 Å². The number of carbonyl (C=O) groups excluding carboxylic acids is 1. The third-order valence-electron chi connectivity index (χ3n) is 5.06. The van der Waals surface area contributed by atoms with Gasteiger partial charge in [-0.2, -0.15) is 5.26 Å². The van der Waals surface area contributed by atoms with Crippen molar-refractivity contribution in [3.8, 4) is 17.3 Å². The Balaban J connectivity index is 1.71. The number of thiazole rings is 1. The van der Waals surface area contributed by atoms with Crippen molar-refractivity contribution in [3.05, 3.63) is 75.7 Å². The van der Waals surface area contributed by atoms with Crippen molar-refractivity contribution < 1.29 is 4.79 Å². The van der Waals surface area contributed by atoms with Crippen LogP contribution in [0.15, 0.2) is 59.6 Å². The summed E-state index contributed by atoms with van der Waals surface area (Å²) in [4.78, 5) is 19.1. The van der Waals surface area contributed by atoms with E-state index >= 15 is 0 Å². The molecule has 0 spiro atoms. The molecule has 3 aromatic rings. The summed E-state index contributed by atoms with van der Waals surface area (Å²) in [5.74, 6) is 0. The molecule has 7 heteroatoms. The first-order valence-corrected chi connectivity index (χ1v) is 10.4. The van der Waals surface area contributed by atoms with Crippen LogP contribution in [0.25, 0.3) is 16.8 Å². The van der Waals surface area contributed by atoms with Gasteiger partial charge in [0.1, 0.15) is 5.01 Å². The molecule has 0 saturated heterocycles. The first-order chi connectivity index (χ1) is 14.5. The topological polar surface area (TPSA) is 81.1 Å². The Labute approximate surface area is 179 Å². The lowest BCUT2D eigenvalue weighted by Crippen LogP contribution is -2.42. The standard InChI is InChI=1S/C23H21N5OS/c1-14-20(22-26-19(13-30-22)16-6-4-15(12-24)5-7-16)21(27-23(29)25-14)17-8-10-18(11-9-17)28(2)3/h4-11,13,21H,1-3H3,(H2,25,27,29). The number of benzene rings is 2. The molecule has 4 rings (SSSR count). The highest BCUT2D eigenvalue weighted by molar-refractivity contribution is 7.11. The van der Waals surface area contributed by atoms with Gasteiger partial charge < -0.3 is 15.5 Å². The Morgan fingerprint density at radius 2 is 1.80 bits per heavy atom. The SMILES string of the molecule is CC1=C(c2nc(-c3ccc(C#N)cc3)cs2)C(c2ccc(N(C)C)cc2)NC(=O)N1. The number of nitrogens with one attached hydrogen (secondary N) is 2. The van der Waals surface area contributed by atoms with E-state index in [0.717, 1.165) is 38.8 Å². The van der Waals surface area contributed by atoms with E-state index in [1.807, 2.05) is 67.7 Å². The molecule has 1 aromatic heterocycles. The molecule has 2 amide bonds. The molecule has 2 heterocycles. The van der Waals surface area contributed by atoms with E-state index in [1.165, 1.54) is 11.3 Å². The maximum atomic E-state index is 12.2. The summed E-state index contributed by atoms with van der Waals surface area (Å²) < 4.78 is 0. The second-order valence-corrected chi connectivity index (χ2v) is 8.14. The van der Waals surface area contributed by atoms with Crippen molar-refractivity contribution in [2.24, 2.45) is 0 Å². The molecule has 0 aliphatic carbocycles. The van der Waals surface area contributed by atoms with Gasteiger partial charge in [0.15, 0.2) is 0 Å². The van der Waals surface area contributed by atoms with Gasteiger partial charge in [-0.15, -0.1) is 11.3 Å². The number of nitriles is 1. The molecule has 1 atom stereocenters. The normalized spacial score (nSPS) is 15.9. The van der Waals surface area contributed by atoms with E-state index < -0.39 is 0 Å². The highest BCUT2D eigenvalue weighted by atomic mass is 32.1. The van der Waals surface area contributed by atoms with E-state index in [1.54, 1.807) is 12.1 Å². The summed E-state index contributed by atoms with van der Waals surface area (Å²) in [6, 6.07) is 17.2. The third-order valence-corrected chi connectivity index (χ3v) is 5.93. The van der Waals surface area contributed by atoms with Gasteiger partial charge in [0.25, 0.3) is 0 Å². The molecule has 0 saturated carbocycles. The van der Waals surface area contributed by atoms with Gasteiger partial charge in [0.2, 0.25) is 0 Å². The number of carbonyl (C=O) groups is 1. The minimum atomic E-state index is -0.282. The maximum absolute atomic E-state index is 12.2. The Kier molecular flexibility index (Phi) is 5.25. The summed E-state index contributed by atoms with van der Waals surface area (Å²) in [5.41, 5.74) is 6.26. The second-order valence-electron chi connectivity index (χ2n) is 7.28. The Morgan fingerprint density at radius 1 is 1.10 bits per heavy atom. The number of nitrogens with zero attached hydrogens (tertiary/aromatic N) is 3. The van der Waals surface area contributed by atoms with Gasteiger partial charge in [0.05, 0.1) is 23.4 Å². The average molecular weight is 416 g/mol. The minimum absolute atomic E-state index is 0.221. The summed E-state index contributed by atoms with van der Waals surface area (Å²) in [7, 11) is 3.99. The van der Waals surface area contributed by atoms with Gasteiger partial charge in [-0.1, -0.05) is 24.3 Å². The molecule has 2 N–H and O–H groups in total. The van der Waals surface area contributed by atoms with Crippen LogP contribution in [0, 0.1) is 11.3 Å². The third kappa shape index (κ3) is 3.78. The molecule has 1 aliphatic heterocycles. The smallest absolute Gasteiger partial charge is 0.319 e. The van der Waals surface area contributed by atoms with Crippen molar-refractivity contribution in [2.75, 3.05) is 19.0 Å². The van der Waals surface area contributed by atoms with E-state index in [0.29, 0.717) is 5.56 Å². The van der Waals surface area contributed by atoms with Crippen LogP contribution in [0.2, 0.25) is 0 Å². The fourth-order valence-corrected chi connectivity index (χ4v) is 4.40. The van der Waals surface area contributed by atoms with Crippen LogP contribution in [0.5, 0.6) is 0 Å². The largest absolute Gasteiger partial charge is 0.378 e. The van der Waals surface area contributed by atoms with Gasteiger partial charge in [-0.05, 0) is 36.8 Å². The number of aromatic nitrogens is 1. The number of hydrogen-bond donors (Lipinski definition) is 2. The predicted molar refractivity (Wildman–Crippen MR) is 120 cm³/mol. The highest BCUT2D eigenvalue weighted by Crippen LogP contribution is 2.37. The Bertz CT molecular complexity index is 1150. The lowest BCUT2D eigenvalue weighted by Gasteiger charge is -2.28. The lowest BCUT2D eigenvalue weighted by atomic mass is 9.95. The van der Waals surface area contributed by atoms with Gasteiger partial charge in [-0.3, -0.25) is 0 Å². The zero-order valence-corrected chi connectivity index (χ0v) is 17.7. The average Bonchev–Trinajstić information content (AvgIpc) is 3.23. The zero-order valence-electron chi connectivity index (χ0n) is 16.9. The van der Waals surface area contributed by atoms with Gasteiger partial charge >= 0.3 is 6.03 Å². The Hall–Kier alpha value is -3.63. The van der Waals surface area contributed by atoms with Crippen LogP contribution in [0.4, 0.5) is 10.5 Å². The first-order valence-electron chi connectivity index (χ1n) is 9.48. The number of allylic oxidation sites excluding steroid dienone is 1. The van der Waals surface area contributed by atoms with Crippen molar-refractivity contribution in [1.29, 1.82) is 5.26 Å². The zero-order chi connectivity index (χ0) is 21.3. The maximum Gasteiger partial charge on any atom is 0.319 e. The summed E-state index contributed by atoms with van der Waals surface area (Å²) in [6.07, 6.45) is 0. The molecule has 150 valence electrons. The van der Waals surface area contributed by atoms with Gasteiger partial charge in [0, 0.05) is 42.0 Å². The van der Waals surface area contributed by atoms with Crippen LogP contribution in [-0.4, -0.2) is 25.1 Å². The van der Waals surface area contributed by atoms with E-state index in [-0.39, 0.29) is 12.1 Å². The fourth-order valence-electron chi connectivity index (χ4n) is 3.44. The molecule has 2 aromatic carbocycles. The summed E-state index contributed by atoms with van der Waals surface area (Å²) in [6.45, 7) is 1.90. The number of rotatable bonds is 4. The fraction of sp³-hybridized carbons (Fsp3) is 0.174. The molecular weight excluding hydrogens is 394 g/mol. The van der Waals surface area contributed by atoms with Crippen molar-refractivity contribution >= 4 is 28.6 Å². The monoisotopic (exact) mass is 415 g/mol. The van der Waals surface area contributed by atoms with Crippen LogP contribution in [0.3, 0.4) is 0 Å². The lowest BCUT2D eigenvalue weighted by molar-refractivity contribution is 0.240. The summed E-state index contributed by atoms with van der Waals surface area (Å²) in [5, 5.41) is 17.7. The number of hydrogen-bond acceptors (Lipinski definition) is 5. The van der Waals surface area contributed by atoms with Crippen molar-refractivity contribution in [3.63, 3.8) is 0 Å². The van der Waals surface area contributed by atoms with Crippen molar-refractivity contribution in [1.82, 2.24) is 15.6 Å². The van der Waals surface area contributed by atoms with Crippen molar-refractivity contribution in [2.45, 2.75) is 13.0 Å². The quantitative estimate of drug-likeness (QED) is 0.656. The molecule has 1 unspecified atom stereocenters. The molecular formula is C23H21N5OS. The molecule has 0 bridgehead atoms. The van der Waals surface area contributed by atoms with Crippen LogP contribution < -0.4 is 15.5 Å². The summed E-state index contributed by atoms with van der Waals surface area (Å²) >= 11 is 1.54.